The fourth-order valence-electron chi connectivity index (χ4n) is 3.40. The van der Waals surface area contributed by atoms with Crippen molar-refractivity contribution in [2.24, 2.45) is 0 Å². The minimum atomic E-state index is -0.984. The van der Waals surface area contributed by atoms with Gasteiger partial charge in [0.1, 0.15) is 11.1 Å². The molecule has 0 saturated heterocycles. The number of rotatable bonds is 6. The summed E-state index contributed by atoms with van der Waals surface area (Å²) in [4.78, 5) is 26.2. The number of benzene rings is 1. The SMILES string of the molecule is COCc1cccc(C(=O)O[C@H](C)C(=O)Nc2sc3c(c2C#N)CCCCC3)c1. The molecule has 0 radical (unpaired) electrons. The summed E-state index contributed by atoms with van der Waals surface area (Å²) >= 11 is 1.46. The molecule has 0 bridgehead atoms. The van der Waals surface area contributed by atoms with E-state index in [1.807, 2.05) is 6.07 Å². The topological polar surface area (TPSA) is 88.4 Å². The molecule has 7 heteroatoms. The number of ether oxygens (including phenoxy) is 2. The van der Waals surface area contributed by atoms with E-state index in [0.717, 1.165) is 43.2 Å². The molecular formula is C22H24N2O4S. The van der Waals surface area contributed by atoms with Gasteiger partial charge >= 0.3 is 5.97 Å². The van der Waals surface area contributed by atoms with Crippen LogP contribution in [0.15, 0.2) is 24.3 Å². The van der Waals surface area contributed by atoms with Crippen LogP contribution in [0.2, 0.25) is 0 Å². The molecule has 2 aromatic rings. The molecule has 3 rings (SSSR count). The molecule has 6 nitrogen and oxygen atoms in total. The summed E-state index contributed by atoms with van der Waals surface area (Å²) in [5.41, 5.74) is 2.81. The molecule has 152 valence electrons. The van der Waals surface area contributed by atoms with Crippen LogP contribution in [-0.2, 0) is 33.7 Å². The van der Waals surface area contributed by atoms with Crippen molar-refractivity contribution < 1.29 is 19.1 Å². The van der Waals surface area contributed by atoms with Crippen molar-refractivity contribution >= 4 is 28.2 Å². The lowest BCUT2D eigenvalue weighted by molar-refractivity contribution is -0.123. The van der Waals surface area contributed by atoms with E-state index in [1.165, 1.54) is 23.1 Å². The van der Waals surface area contributed by atoms with Crippen LogP contribution >= 0.6 is 11.3 Å². The first-order valence-corrected chi connectivity index (χ1v) is 10.5. The molecule has 1 aliphatic carbocycles. The molecule has 0 fully saturated rings. The van der Waals surface area contributed by atoms with Gasteiger partial charge in [0.15, 0.2) is 6.10 Å². The van der Waals surface area contributed by atoms with Crippen LogP contribution in [0.3, 0.4) is 0 Å². The second-order valence-corrected chi connectivity index (χ2v) is 8.16. The third-order valence-electron chi connectivity index (χ3n) is 4.90. The fourth-order valence-corrected chi connectivity index (χ4v) is 4.64. The number of carbonyl (C=O) groups is 2. The van der Waals surface area contributed by atoms with Crippen LogP contribution in [0.1, 0.15) is 58.1 Å². The molecule has 0 spiro atoms. The number of methoxy groups -OCH3 is 1. The standard InChI is InChI=1S/C22H24N2O4S/c1-14(28-22(26)16-8-6-7-15(11-16)13-27-2)20(25)24-21-18(12-23)17-9-4-3-5-10-19(17)29-21/h6-8,11,14H,3-5,9-10,13H2,1-2H3,(H,24,25)/t14-/m1/s1. The number of nitrogens with zero attached hydrogens (tertiary/aromatic N) is 1. The van der Waals surface area contributed by atoms with E-state index in [-0.39, 0.29) is 0 Å². The second-order valence-electron chi connectivity index (χ2n) is 7.05. The van der Waals surface area contributed by atoms with Gasteiger partial charge in [-0.2, -0.15) is 5.26 Å². The molecule has 1 atom stereocenters. The Morgan fingerprint density at radius 1 is 1.28 bits per heavy atom. The van der Waals surface area contributed by atoms with Crippen molar-refractivity contribution in [3.8, 4) is 6.07 Å². The Balaban J connectivity index is 1.67. The van der Waals surface area contributed by atoms with Crippen LogP contribution in [-0.4, -0.2) is 25.1 Å². The average molecular weight is 413 g/mol. The summed E-state index contributed by atoms with van der Waals surface area (Å²) in [5.74, 6) is -1.02. The minimum absolute atomic E-state index is 0.361. The fraction of sp³-hybridized carbons (Fsp3) is 0.409. The minimum Gasteiger partial charge on any atom is -0.449 e. The molecule has 29 heavy (non-hydrogen) atoms. The average Bonchev–Trinajstić information content (AvgIpc) is 2.87. The van der Waals surface area contributed by atoms with Crippen LogP contribution in [0.4, 0.5) is 5.00 Å². The normalized spacial score (nSPS) is 14.2. The number of hydrogen-bond donors (Lipinski definition) is 1. The zero-order chi connectivity index (χ0) is 20.8. The van der Waals surface area contributed by atoms with Gasteiger partial charge in [0.05, 0.1) is 17.7 Å². The highest BCUT2D eigenvalue weighted by Gasteiger charge is 2.24. The zero-order valence-corrected chi connectivity index (χ0v) is 17.4. The van der Waals surface area contributed by atoms with Crippen LogP contribution < -0.4 is 5.32 Å². The molecule has 1 heterocycles. The van der Waals surface area contributed by atoms with E-state index in [2.05, 4.69) is 11.4 Å². The summed E-state index contributed by atoms with van der Waals surface area (Å²) in [7, 11) is 1.58. The van der Waals surface area contributed by atoms with E-state index in [9.17, 15) is 14.9 Å². The maximum absolute atomic E-state index is 12.6. The Kier molecular flexibility index (Phi) is 7.02. The molecular weight excluding hydrogens is 388 g/mol. The monoisotopic (exact) mass is 412 g/mol. The van der Waals surface area contributed by atoms with Gasteiger partial charge in [-0.05, 0) is 55.9 Å². The van der Waals surface area contributed by atoms with Crippen LogP contribution in [0.5, 0.6) is 0 Å². The highest BCUT2D eigenvalue weighted by Crippen LogP contribution is 2.37. The van der Waals surface area contributed by atoms with E-state index < -0.39 is 18.0 Å². The van der Waals surface area contributed by atoms with Gasteiger partial charge in [-0.1, -0.05) is 18.6 Å². The number of fused-ring (bicyclic) bond motifs is 1. The second kappa shape index (κ2) is 9.68. The smallest absolute Gasteiger partial charge is 0.338 e. The lowest BCUT2D eigenvalue weighted by Gasteiger charge is -2.13. The molecule has 0 saturated carbocycles. The summed E-state index contributed by atoms with van der Waals surface area (Å²) < 4.78 is 10.4. The van der Waals surface area contributed by atoms with Gasteiger partial charge in [0.2, 0.25) is 0 Å². The maximum Gasteiger partial charge on any atom is 0.338 e. The Bertz CT molecular complexity index is 945. The lowest BCUT2D eigenvalue weighted by Crippen LogP contribution is -2.30. The van der Waals surface area contributed by atoms with Gasteiger partial charge in [-0.3, -0.25) is 4.79 Å². The van der Waals surface area contributed by atoms with Crippen molar-refractivity contribution in [3.63, 3.8) is 0 Å². The summed E-state index contributed by atoms with van der Waals surface area (Å²) in [6.45, 7) is 1.91. The van der Waals surface area contributed by atoms with Crippen molar-refractivity contribution in [1.29, 1.82) is 5.26 Å². The van der Waals surface area contributed by atoms with E-state index in [4.69, 9.17) is 9.47 Å². The van der Waals surface area contributed by atoms with Crippen molar-refractivity contribution in [2.45, 2.75) is 51.7 Å². The van der Waals surface area contributed by atoms with Gasteiger partial charge in [-0.15, -0.1) is 11.3 Å². The number of nitrogens with one attached hydrogen (secondary N) is 1. The summed E-state index contributed by atoms with van der Waals surface area (Å²) in [5, 5.41) is 12.9. The predicted molar refractivity (Wildman–Crippen MR) is 111 cm³/mol. The number of thiophene rings is 1. The largest absolute Gasteiger partial charge is 0.449 e. The van der Waals surface area contributed by atoms with Crippen LogP contribution in [0.25, 0.3) is 0 Å². The number of carbonyl (C=O) groups excluding carboxylic acids is 2. The first kappa shape index (κ1) is 21.0. The van der Waals surface area contributed by atoms with Gasteiger partial charge in [0, 0.05) is 12.0 Å². The van der Waals surface area contributed by atoms with Crippen LogP contribution in [0, 0.1) is 11.3 Å². The van der Waals surface area contributed by atoms with Crippen molar-refractivity contribution in [3.05, 3.63) is 51.4 Å². The molecule has 0 unspecified atom stereocenters. The number of esters is 1. The summed E-state index contributed by atoms with van der Waals surface area (Å²) in [6, 6.07) is 9.14. The zero-order valence-electron chi connectivity index (χ0n) is 16.6. The molecule has 1 aliphatic rings. The molecule has 1 aromatic carbocycles. The van der Waals surface area contributed by atoms with E-state index in [1.54, 1.807) is 25.3 Å². The number of aryl methyl sites for hydroxylation is 1. The lowest BCUT2D eigenvalue weighted by atomic mass is 10.1. The Morgan fingerprint density at radius 3 is 2.83 bits per heavy atom. The first-order valence-electron chi connectivity index (χ1n) is 9.67. The van der Waals surface area contributed by atoms with Crippen molar-refractivity contribution in [2.75, 3.05) is 12.4 Å². The molecule has 1 N–H and O–H groups in total. The highest BCUT2D eigenvalue weighted by atomic mass is 32.1. The van der Waals surface area contributed by atoms with Gasteiger partial charge in [0.25, 0.3) is 5.91 Å². The van der Waals surface area contributed by atoms with E-state index >= 15 is 0 Å². The number of amides is 1. The number of anilines is 1. The first-order chi connectivity index (χ1) is 14.0. The van der Waals surface area contributed by atoms with Gasteiger partial charge in [-0.25, -0.2) is 4.79 Å². The number of hydrogen-bond acceptors (Lipinski definition) is 6. The van der Waals surface area contributed by atoms with E-state index in [0.29, 0.717) is 22.7 Å². The Labute approximate surface area is 174 Å². The highest BCUT2D eigenvalue weighted by molar-refractivity contribution is 7.16. The maximum atomic E-state index is 12.6. The number of nitriles is 1. The summed E-state index contributed by atoms with van der Waals surface area (Å²) in [6.07, 6.45) is 4.14. The quantitative estimate of drug-likeness (QED) is 0.567. The molecule has 0 aliphatic heterocycles. The van der Waals surface area contributed by atoms with Gasteiger partial charge < -0.3 is 14.8 Å². The Morgan fingerprint density at radius 2 is 2.07 bits per heavy atom. The third-order valence-corrected chi connectivity index (χ3v) is 6.10. The van der Waals surface area contributed by atoms with Crippen molar-refractivity contribution in [1.82, 2.24) is 0 Å². The third kappa shape index (κ3) is 5.03. The predicted octanol–water partition coefficient (Wildman–Crippen LogP) is 4.22. The Hall–Kier alpha value is -2.69. The molecule has 1 amide bonds. The molecule has 1 aromatic heterocycles.